The van der Waals surface area contributed by atoms with E-state index in [1.54, 1.807) is 13.2 Å². The van der Waals surface area contributed by atoms with Gasteiger partial charge in [-0.25, -0.2) is 0 Å². The number of alkyl halides is 3. The fourth-order valence-electron chi connectivity index (χ4n) is 4.07. The van der Waals surface area contributed by atoms with Crippen LogP contribution in [0.3, 0.4) is 0 Å². The molecule has 3 aromatic rings. The minimum atomic E-state index is -4.40. The van der Waals surface area contributed by atoms with Crippen LogP contribution < -0.4 is 10.1 Å². The molecule has 0 atom stereocenters. The highest BCUT2D eigenvalue weighted by atomic mass is 19.4. The summed E-state index contributed by atoms with van der Waals surface area (Å²) < 4.78 is 44.3. The van der Waals surface area contributed by atoms with E-state index in [-0.39, 0.29) is 11.9 Å². The van der Waals surface area contributed by atoms with Crippen molar-refractivity contribution < 1.29 is 22.7 Å². The molecule has 1 aliphatic rings. The van der Waals surface area contributed by atoms with Crippen molar-refractivity contribution in [2.45, 2.75) is 31.5 Å². The van der Waals surface area contributed by atoms with Crippen molar-refractivity contribution in [1.82, 2.24) is 9.88 Å². The molecule has 0 radical (unpaired) electrons. The molecule has 168 valence electrons. The highest BCUT2D eigenvalue weighted by Gasteiger charge is 2.31. The Morgan fingerprint density at radius 3 is 2.62 bits per heavy atom. The van der Waals surface area contributed by atoms with Crippen molar-refractivity contribution >= 4 is 22.5 Å². The molecule has 1 fully saturated rings. The van der Waals surface area contributed by atoms with Gasteiger partial charge in [0.2, 0.25) is 5.91 Å². The van der Waals surface area contributed by atoms with E-state index in [9.17, 15) is 18.0 Å². The summed E-state index contributed by atoms with van der Waals surface area (Å²) in [7, 11) is 1.59. The molecule has 0 saturated carbocycles. The van der Waals surface area contributed by atoms with Gasteiger partial charge in [0.25, 0.3) is 0 Å². The fraction of sp³-hybridized carbons (Fsp3) is 0.333. The van der Waals surface area contributed by atoms with Crippen LogP contribution >= 0.6 is 0 Å². The van der Waals surface area contributed by atoms with E-state index in [4.69, 9.17) is 4.74 Å². The summed E-state index contributed by atoms with van der Waals surface area (Å²) in [6.45, 7) is 1.24. The Morgan fingerprint density at radius 2 is 1.91 bits per heavy atom. The smallest absolute Gasteiger partial charge is 0.416 e. The summed E-state index contributed by atoms with van der Waals surface area (Å²) >= 11 is 0. The second-order valence-electron chi connectivity index (χ2n) is 7.88. The number of halogens is 3. The van der Waals surface area contributed by atoms with Gasteiger partial charge in [0, 0.05) is 42.0 Å². The maximum absolute atomic E-state index is 13.0. The quantitative estimate of drug-likeness (QED) is 0.609. The number of aromatic nitrogens is 1. The third-order valence-corrected chi connectivity index (χ3v) is 5.81. The van der Waals surface area contributed by atoms with Crippen LogP contribution in [0.4, 0.5) is 18.9 Å². The summed E-state index contributed by atoms with van der Waals surface area (Å²) in [5.41, 5.74) is 1.20. The van der Waals surface area contributed by atoms with Gasteiger partial charge in [-0.05, 0) is 37.1 Å². The largest absolute Gasteiger partial charge is 0.496 e. The Balaban J connectivity index is 1.39. The summed E-state index contributed by atoms with van der Waals surface area (Å²) in [4.78, 5) is 18.7. The fourth-order valence-corrected chi connectivity index (χ4v) is 4.07. The molecule has 1 saturated heterocycles. The van der Waals surface area contributed by atoms with Gasteiger partial charge in [-0.1, -0.05) is 24.3 Å². The average molecular weight is 443 g/mol. The van der Waals surface area contributed by atoms with Crippen molar-refractivity contribution in [2.75, 3.05) is 25.5 Å². The topological polar surface area (TPSA) is 54.5 Å². The normalized spacial score (nSPS) is 15.1. The second kappa shape index (κ2) is 9.06. The summed E-state index contributed by atoms with van der Waals surface area (Å²) in [5.74, 6) is 0.762. The number of fused-ring (bicyclic) bond motifs is 1. The lowest BCUT2D eigenvalue weighted by molar-refractivity contribution is -0.137. The third kappa shape index (κ3) is 4.79. The number of hydrogen-bond donors (Lipinski definition) is 1. The first-order valence-corrected chi connectivity index (χ1v) is 10.5. The first-order valence-electron chi connectivity index (χ1n) is 10.5. The number of anilines is 1. The molecule has 32 heavy (non-hydrogen) atoms. The van der Waals surface area contributed by atoms with Crippen LogP contribution in [0.1, 0.15) is 24.0 Å². The first kappa shape index (κ1) is 21.9. The van der Waals surface area contributed by atoms with E-state index < -0.39 is 11.7 Å². The van der Waals surface area contributed by atoms with Gasteiger partial charge in [-0.2, -0.15) is 13.2 Å². The van der Waals surface area contributed by atoms with E-state index >= 15 is 0 Å². The number of benzene rings is 2. The van der Waals surface area contributed by atoms with Gasteiger partial charge in [-0.3, -0.25) is 9.78 Å². The van der Waals surface area contributed by atoms with E-state index in [0.29, 0.717) is 36.2 Å². The van der Waals surface area contributed by atoms with Crippen LogP contribution in [0, 0.1) is 0 Å². The van der Waals surface area contributed by atoms with Gasteiger partial charge in [-0.15, -0.1) is 0 Å². The number of methoxy groups -OCH3 is 1. The predicted octanol–water partition coefficient (Wildman–Crippen LogP) is 4.91. The molecule has 1 aromatic heterocycles. The Bertz CT molecular complexity index is 1110. The van der Waals surface area contributed by atoms with Crippen molar-refractivity contribution in [3.8, 4) is 5.75 Å². The Hall–Kier alpha value is -3.29. The summed E-state index contributed by atoms with van der Waals surface area (Å²) in [6, 6.07) is 13.0. The molecule has 1 N–H and O–H groups in total. The van der Waals surface area contributed by atoms with Crippen LogP contribution in [0.25, 0.3) is 10.9 Å². The predicted molar refractivity (Wildman–Crippen MR) is 117 cm³/mol. The zero-order valence-corrected chi connectivity index (χ0v) is 17.7. The molecule has 5 nitrogen and oxygen atoms in total. The number of amides is 1. The average Bonchev–Trinajstić information content (AvgIpc) is 2.79. The number of hydrogen-bond acceptors (Lipinski definition) is 4. The molecular formula is C24H24F3N3O2. The number of nitrogens with zero attached hydrogens (tertiary/aromatic N) is 2. The minimum absolute atomic E-state index is 0.0574. The number of nitrogens with one attached hydrogen (secondary N) is 1. The molecule has 8 heteroatoms. The number of likely N-dealkylation sites (tertiary alicyclic amines) is 1. The number of carbonyl (C=O) groups is 1. The van der Waals surface area contributed by atoms with Crippen LogP contribution in [0.15, 0.2) is 54.7 Å². The van der Waals surface area contributed by atoms with Gasteiger partial charge in [0.05, 0.1) is 24.6 Å². The van der Waals surface area contributed by atoms with E-state index in [0.717, 1.165) is 36.2 Å². The maximum Gasteiger partial charge on any atom is 0.416 e. The van der Waals surface area contributed by atoms with Crippen LogP contribution in [-0.4, -0.2) is 42.0 Å². The summed E-state index contributed by atoms with van der Waals surface area (Å²) in [5, 5.41) is 4.08. The number of carbonyl (C=O) groups excluding carboxylic acids is 1. The third-order valence-electron chi connectivity index (χ3n) is 5.81. The molecule has 2 heterocycles. The SMILES string of the molecule is COc1ccccc1CC(=O)N1CCC(Nc2ccnc3cc(C(F)(F)F)ccc23)CC1. The number of piperidine rings is 1. The molecule has 4 rings (SSSR count). The molecular weight excluding hydrogens is 419 g/mol. The molecule has 1 amide bonds. The van der Waals surface area contributed by atoms with E-state index in [2.05, 4.69) is 10.3 Å². The molecule has 0 aliphatic carbocycles. The highest BCUT2D eigenvalue weighted by molar-refractivity contribution is 5.91. The lowest BCUT2D eigenvalue weighted by Crippen LogP contribution is -2.43. The number of rotatable bonds is 5. The summed E-state index contributed by atoms with van der Waals surface area (Å²) in [6.07, 6.45) is -1.10. The van der Waals surface area contributed by atoms with Crippen LogP contribution in [0.2, 0.25) is 0 Å². The van der Waals surface area contributed by atoms with Gasteiger partial charge < -0.3 is 15.0 Å². The van der Waals surface area contributed by atoms with Crippen molar-refractivity contribution in [2.24, 2.45) is 0 Å². The van der Waals surface area contributed by atoms with Crippen LogP contribution in [-0.2, 0) is 17.4 Å². The lowest BCUT2D eigenvalue weighted by atomic mass is 10.0. The highest BCUT2D eigenvalue weighted by Crippen LogP contribution is 2.33. The number of ether oxygens (including phenoxy) is 1. The van der Waals surface area contributed by atoms with Gasteiger partial charge >= 0.3 is 6.18 Å². The zero-order valence-electron chi connectivity index (χ0n) is 17.7. The van der Waals surface area contributed by atoms with E-state index in [1.165, 1.54) is 12.3 Å². The second-order valence-corrected chi connectivity index (χ2v) is 7.88. The molecule has 0 bridgehead atoms. The van der Waals surface area contributed by atoms with Gasteiger partial charge in [0.1, 0.15) is 5.75 Å². The Kier molecular flexibility index (Phi) is 6.21. The monoisotopic (exact) mass is 443 g/mol. The van der Waals surface area contributed by atoms with Crippen molar-refractivity contribution in [3.05, 3.63) is 65.9 Å². The minimum Gasteiger partial charge on any atom is -0.496 e. The standard InChI is InChI=1S/C24H24F3N3O2/c1-32-22-5-3-2-4-16(22)14-23(31)30-12-9-18(10-13-30)29-20-8-11-28-21-15-17(24(25,26)27)6-7-19(20)21/h2-8,11,15,18H,9-10,12-14H2,1H3,(H,28,29). The van der Waals surface area contributed by atoms with Gasteiger partial charge in [0.15, 0.2) is 0 Å². The molecule has 0 unspecified atom stereocenters. The van der Waals surface area contributed by atoms with E-state index in [1.807, 2.05) is 29.2 Å². The van der Waals surface area contributed by atoms with Crippen molar-refractivity contribution in [1.29, 1.82) is 0 Å². The number of pyridine rings is 1. The molecule has 0 spiro atoms. The first-order chi connectivity index (χ1) is 15.3. The maximum atomic E-state index is 13.0. The molecule has 2 aromatic carbocycles. The molecule has 1 aliphatic heterocycles. The lowest BCUT2D eigenvalue weighted by Gasteiger charge is -2.33. The zero-order chi connectivity index (χ0) is 22.7. The Labute approximate surface area is 184 Å². The Morgan fingerprint density at radius 1 is 1.16 bits per heavy atom. The number of para-hydroxylation sites is 1. The van der Waals surface area contributed by atoms with Crippen LogP contribution in [0.5, 0.6) is 5.75 Å². The van der Waals surface area contributed by atoms with Crippen molar-refractivity contribution in [3.63, 3.8) is 0 Å².